The topological polar surface area (TPSA) is 47.0 Å². The van der Waals surface area contributed by atoms with Crippen molar-refractivity contribution in [2.75, 3.05) is 19.0 Å². The van der Waals surface area contributed by atoms with Crippen LogP contribution in [0.1, 0.15) is 64.4 Å². The Kier molecular flexibility index (Phi) is 5.57. The first-order valence-electron chi connectivity index (χ1n) is 8.33. The summed E-state index contributed by atoms with van der Waals surface area (Å²) in [5.41, 5.74) is 0.825. The van der Waals surface area contributed by atoms with E-state index in [2.05, 4.69) is 32.2 Å². The average Bonchev–Trinajstić information content (AvgIpc) is 2.47. The van der Waals surface area contributed by atoms with Crippen molar-refractivity contribution in [2.24, 2.45) is 5.92 Å². The molecule has 0 radical (unpaired) electrons. The number of nitrogens with one attached hydrogen (secondary N) is 1. The molecule has 1 aliphatic carbocycles. The quantitative estimate of drug-likeness (QED) is 0.863. The Morgan fingerprint density at radius 3 is 2.81 bits per heavy atom. The summed E-state index contributed by atoms with van der Waals surface area (Å²) in [5.74, 6) is 2.45. The summed E-state index contributed by atoms with van der Waals surface area (Å²) < 4.78 is 6.21. The third-order valence-electron chi connectivity index (χ3n) is 4.33. The van der Waals surface area contributed by atoms with E-state index in [1.807, 2.05) is 7.05 Å². The summed E-state index contributed by atoms with van der Waals surface area (Å²) in [6.07, 6.45) is 6.61. The lowest BCUT2D eigenvalue weighted by Gasteiger charge is -2.38. The largest absolute Gasteiger partial charge is 0.373 e. The van der Waals surface area contributed by atoms with Crippen LogP contribution < -0.4 is 5.32 Å². The van der Waals surface area contributed by atoms with Crippen LogP contribution >= 0.6 is 0 Å². The molecule has 1 heterocycles. The average molecular weight is 291 g/mol. The van der Waals surface area contributed by atoms with Crippen molar-refractivity contribution in [2.45, 2.75) is 64.9 Å². The molecule has 1 N–H and O–H groups in total. The minimum Gasteiger partial charge on any atom is -0.373 e. The second-order valence-electron chi connectivity index (χ2n) is 6.20. The summed E-state index contributed by atoms with van der Waals surface area (Å²) in [5, 5.41) is 3.17. The molecule has 2 rings (SSSR count). The van der Waals surface area contributed by atoms with Gasteiger partial charge in [0.1, 0.15) is 11.4 Å². The molecule has 118 valence electrons. The second kappa shape index (κ2) is 7.21. The van der Waals surface area contributed by atoms with Gasteiger partial charge in [-0.15, -0.1) is 0 Å². The van der Waals surface area contributed by atoms with E-state index in [1.165, 1.54) is 12.8 Å². The zero-order valence-corrected chi connectivity index (χ0v) is 13.9. The molecule has 1 aromatic heterocycles. The van der Waals surface area contributed by atoms with Crippen LogP contribution in [0.4, 0.5) is 5.82 Å². The summed E-state index contributed by atoms with van der Waals surface area (Å²) in [6, 6.07) is 2.05. The van der Waals surface area contributed by atoms with Crippen LogP contribution in [0.2, 0.25) is 0 Å². The smallest absolute Gasteiger partial charge is 0.162 e. The zero-order valence-electron chi connectivity index (χ0n) is 13.9. The van der Waals surface area contributed by atoms with Crippen molar-refractivity contribution < 1.29 is 4.74 Å². The Morgan fingerprint density at radius 2 is 2.19 bits per heavy atom. The van der Waals surface area contributed by atoms with E-state index >= 15 is 0 Å². The van der Waals surface area contributed by atoms with E-state index in [4.69, 9.17) is 14.7 Å². The fraction of sp³-hybridized carbons (Fsp3) is 0.765. The van der Waals surface area contributed by atoms with Crippen LogP contribution in [0.15, 0.2) is 6.07 Å². The molecule has 1 aliphatic rings. The summed E-state index contributed by atoms with van der Waals surface area (Å²) in [4.78, 5) is 9.58. The van der Waals surface area contributed by atoms with Crippen LogP contribution in [0.5, 0.6) is 0 Å². The van der Waals surface area contributed by atoms with Gasteiger partial charge in [-0.25, -0.2) is 9.97 Å². The fourth-order valence-corrected chi connectivity index (χ4v) is 3.39. The maximum absolute atomic E-state index is 6.21. The molecule has 1 fully saturated rings. The number of aromatic nitrogens is 2. The normalized spacial score (nSPS) is 25.8. The SMILES string of the molecule is CCCc1cc(NC)nc(C2(OCC)CCCC(C)C2)n1. The van der Waals surface area contributed by atoms with Crippen LogP contribution in [0.25, 0.3) is 0 Å². The van der Waals surface area contributed by atoms with Crippen LogP contribution in [-0.4, -0.2) is 23.6 Å². The molecule has 0 saturated heterocycles. The summed E-state index contributed by atoms with van der Waals surface area (Å²) in [7, 11) is 1.92. The highest BCUT2D eigenvalue weighted by Crippen LogP contribution is 2.41. The number of ether oxygens (including phenoxy) is 1. The van der Waals surface area contributed by atoms with Gasteiger partial charge in [-0.1, -0.05) is 26.7 Å². The molecule has 0 bridgehead atoms. The molecular weight excluding hydrogens is 262 g/mol. The second-order valence-corrected chi connectivity index (χ2v) is 6.20. The molecule has 2 atom stereocenters. The zero-order chi connectivity index (χ0) is 15.3. The number of hydrogen-bond acceptors (Lipinski definition) is 4. The summed E-state index contributed by atoms with van der Waals surface area (Å²) >= 11 is 0. The van der Waals surface area contributed by atoms with Crippen LogP contribution in [0.3, 0.4) is 0 Å². The van der Waals surface area contributed by atoms with E-state index in [9.17, 15) is 0 Å². The maximum atomic E-state index is 6.21. The maximum Gasteiger partial charge on any atom is 0.162 e. The predicted molar refractivity (Wildman–Crippen MR) is 86.5 cm³/mol. The van der Waals surface area contributed by atoms with Crippen molar-refractivity contribution in [1.29, 1.82) is 0 Å². The lowest BCUT2D eigenvalue weighted by atomic mass is 9.78. The Morgan fingerprint density at radius 1 is 1.38 bits per heavy atom. The van der Waals surface area contributed by atoms with Gasteiger partial charge in [-0.2, -0.15) is 0 Å². The molecule has 4 nitrogen and oxygen atoms in total. The highest BCUT2D eigenvalue weighted by molar-refractivity contribution is 5.36. The Bertz CT molecular complexity index is 459. The Hall–Kier alpha value is -1.16. The molecule has 2 unspecified atom stereocenters. The van der Waals surface area contributed by atoms with Gasteiger partial charge in [0.05, 0.1) is 0 Å². The van der Waals surface area contributed by atoms with E-state index in [0.29, 0.717) is 12.5 Å². The highest BCUT2D eigenvalue weighted by atomic mass is 16.5. The van der Waals surface area contributed by atoms with Gasteiger partial charge in [-0.05, 0) is 38.5 Å². The number of nitrogens with zero attached hydrogens (tertiary/aromatic N) is 2. The first-order valence-corrected chi connectivity index (χ1v) is 8.33. The molecule has 0 spiro atoms. The number of rotatable bonds is 6. The van der Waals surface area contributed by atoms with Crippen LogP contribution in [0, 0.1) is 5.92 Å². The lowest BCUT2D eigenvalue weighted by Crippen LogP contribution is -2.37. The third kappa shape index (κ3) is 3.73. The number of hydrogen-bond donors (Lipinski definition) is 1. The summed E-state index contributed by atoms with van der Waals surface area (Å²) in [6.45, 7) is 7.27. The Labute approximate surface area is 128 Å². The molecule has 1 aromatic rings. The molecular formula is C17H29N3O. The molecule has 21 heavy (non-hydrogen) atoms. The standard InChI is InChI=1S/C17H29N3O/c1-5-8-14-11-15(18-4)20-16(19-14)17(21-6-2)10-7-9-13(3)12-17/h11,13H,5-10,12H2,1-4H3,(H,18,19,20). The minimum absolute atomic E-state index is 0.290. The van der Waals surface area contributed by atoms with Crippen molar-refractivity contribution >= 4 is 5.82 Å². The first-order chi connectivity index (χ1) is 10.1. The number of anilines is 1. The minimum atomic E-state index is -0.290. The molecule has 4 heteroatoms. The Balaban J connectivity index is 2.40. The van der Waals surface area contributed by atoms with Gasteiger partial charge < -0.3 is 10.1 Å². The van der Waals surface area contributed by atoms with E-state index in [0.717, 1.165) is 43.0 Å². The van der Waals surface area contributed by atoms with Gasteiger partial charge in [-0.3, -0.25) is 0 Å². The monoisotopic (exact) mass is 291 g/mol. The van der Waals surface area contributed by atoms with Gasteiger partial charge in [0.15, 0.2) is 5.82 Å². The molecule has 1 saturated carbocycles. The molecule has 0 aliphatic heterocycles. The van der Waals surface area contributed by atoms with Crippen molar-refractivity contribution in [3.63, 3.8) is 0 Å². The lowest BCUT2D eigenvalue weighted by molar-refractivity contribution is -0.0881. The van der Waals surface area contributed by atoms with E-state index in [1.54, 1.807) is 0 Å². The number of aryl methyl sites for hydroxylation is 1. The predicted octanol–water partition coefficient (Wildman–Crippen LogP) is 3.91. The molecule has 0 aromatic carbocycles. The van der Waals surface area contributed by atoms with Crippen LogP contribution in [-0.2, 0) is 16.8 Å². The van der Waals surface area contributed by atoms with Crippen molar-refractivity contribution in [1.82, 2.24) is 9.97 Å². The third-order valence-corrected chi connectivity index (χ3v) is 4.33. The van der Waals surface area contributed by atoms with Crippen molar-refractivity contribution in [3.8, 4) is 0 Å². The van der Waals surface area contributed by atoms with Gasteiger partial charge >= 0.3 is 0 Å². The molecule has 0 amide bonds. The first kappa shape index (κ1) is 16.2. The van der Waals surface area contributed by atoms with E-state index in [-0.39, 0.29) is 5.60 Å². The van der Waals surface area contributed by atoms with E-state index < -0.39 is 0 Å². The highest BCUT2D eigenvalue weighted by Gasteiger charge is 2.40. The van der Waals surface area contributed by atoms with Crippen molar-refractivity contribution in [3.05, 3.63) is 17.6 Å². The van der Waals surface area contributed by atoms with Gasteiger partial charge in [0.25, 0.3) is 0 Å². The van der Waals surface area contributed by atoms with Gasteiger partial charge in [0, 0.05) is 25.4 Å². The fourth-order valence-electron chi connectivity index (χ4n) is 3.39. The van der Waals surface area contributed by atoms with Gasteiger partial charge in [0.2, 0.25) is 0 Å².